The summed E-state index contributed by atoms with van der Waals surface area (Å²) < 4.78 is 11.9. The molecule has 0 unspecified atom stereocenters. The molecule has 0 aliphatic carbocycles. The van der Waals surface area contributed by atoms with Gasteiger partial charge >= 0.3 is 12.0 Å². The number of aromatic nitrogens is 3. The van der Waals surface area contributed by atoms with E-state index in [9.17, 15) is 0 Å². The molecule has 1 aromatic carbocycles. The van der Waals surface area contributed by atoms with Gasteiger partial charge in [0.15, 0.2) is 0 Å². The summed E-state index contributed by atoms with van der Waals surface area (Å²) in [5.41, 5.74) is 0. The molecule has 0 radical (unpaired) electrons. The number of rotatable bonds is 6. The van der Waals surface area contributed by atoms with Crippen molar-refractivity contribution in [3.63, 3.8) is 0 Å². The summed E-state index contributed by atoms with van der Waals surface area (Å²) in [6.07, 6.45) is 0.876. The SMILES string of the molecule is CCCOc1nc(NC)nc(Oc2ccccc2Br)n1. The maximum atomic E-state index is 5.64. The van der Waals surface area contributed by atoms with Crippen molar-refractivity contribution in [1.82, 2.24) is 15.0 Å². The molecule has 2 rings (SSSR count). The molecular weight excluding hydrogens is 324 g/mol. The highest BCUT2D eigenvalue weighted by Crippen LogP contribution is 2.28. The molecule has 0 amide bonds. The van der Waals surface area contributed by atoms with E-state index in [0.29, 0.717) is 18.3 Å². The lowest BCUT2D eigenvalue weighted by Gasteiger charge is -2.09. The molecule has 106 valence electrons. The van der Waals surface area contributed by atoms with E-state index < -0.39 is 0 Å². The van der Waals surface area contributed by atoms with Crippen LogP contribution in [-0.4, -0.2) is 28.6 Å². The molecule has 0 fully saturated rings. The lowest BCUT2D eigenvalue weighted by Crippen LogP contribution is -2.06. The van der Waals surface area contributed by atoms with Gasteiger partial charge in [-0.25, -0.2) is 0 Å². The van der Waals surface area contributed by atoms with Crippen LogP contribution >= 0.6 is 15.9 Å². The molecule has 7 heteroatoms. The van der Waals surface area contributed by atoms with Crippen molar-refractivity contribution in [2.45, 2.75) is 13.3 Å². The van der Waals surface area contributed by atoms with Crippen LogP contribution < -0.4 is 14.8 Å². The lowest BCUT2D eigenvalue weighted by atomic mass is 10.3. The number of para-hydroxylation sites is 1. The molecule has 20 heavy (non-hydrogen) atoms. The van der Waals surface area contributed by atoms with Gasteiger partial charge in [-0.3, -0.25) is 0 Å². The topological polar surface area (TPSA) is 69.2 Å². The van der Waals surface area contributed by atoms with Gasteiger partial charge in [-0.2, -0.15) is 9.97 Å². The minimum absolute atomic E-state index is 0.183. The van der Waals surface area contributed by atoms with Crippen LogP contribution in [0, 0.1) is 0 Å². The Bertz CT molecular complexity index is 580. The number of hydrogen-bond donors (Lipinski definition) is 1. The summed E-state index contributed by atoms with van der Waals surface area (Å²) in [6.45, 7) is 2.56. The number of ether oxygens (including phenoxy) is 2. The molecular formula is C13H15BrN4O2. The van der Waals surface area contributed by atoms with Crippen molar-refractivity contribution < 1.29 is 9.47 Å². The second kappa shape index (κ2) is 7.04. The number of anilines is 1. The highest BCUT2D eigenvalue weighted by molar-refractivity contribution is 9.10. The van der Waals surface area contributed by atoms with E-state index in [-0.39, 0.29) is 12.0 Å². The summed E-state index contributed by atoms with van der Waals surface area (Å²) in [7, 11) is 1.72. The monoisotopic (exact) mass is 338 g/mol. The molecule has 0 aliphatic rings. The molecule has 0 saturated heterocycles. The van der Waals surface area contributed by atoms with Crippen LogP contribution in [0.5, 0.6) is 17.8 Å². The van der Waals surface area contributed by atoms with Crippen molar-refractivity contribution in [3.05, 3.63) is 28.7 Å². The predicted octanol–water partition coefficient (Wildman–Crippen LogP) is 3.26. The van der Waals surface area contributed by atoms with Crippen LogP contribution in [0.2, 0.25) is 0 Å². The molecule has 1 N–H and O–H groups in total. The van der Waals surface area contributed by atoms with Crippen molar-refractivity contribution in [1.29, 1.82) is 0 Å². The van der Waals surface area contributed by atoms with Gasteiger partial charge in [0.25, 0.3) is 0 Å². The van der Waals surface area contributed by atoms with Crippen LogP contribution in [0.15, 0.2) is 28.7 Å². The first-order valence-electron chi connectivity index (χ1n) is 6.22. The van der Waals surface area contributed by atoms with Gasteiger partial charge in [-0.1, -0.05) is 19.1 Å². The number of hydrogen-bond acceptors (Lipinski definition) is 6. The van der Waals surface area contributed by atoms with Crippen LogP contribution in [0.4, 0.5) is 5.95 Å². The average Bonchev–Trinajstić information content (AvgIpc) is 2.47. The van der Waals surface area contributed by atoms with E-state index >= 15 is 0 Å². The highest BCUT2D eigenvalue weighted by Gasteiger charge is 2.10. The van der Waals surface area contributed by atoms with E-state index in [0.717, 1.165) is 10.9 Å². The third kappa shape index (κ3) is 3.80. The Labute approximate surface area is 125 Å². The lowest BCUT2D eigenvalue weighted by molar-refractivity contribution is 0.285. The van der Waals surface area contributed by atoms with Crippen molar-refractivity contribution >= 4 is 21.9 Å². The molecule has 1 heterocycles. The molecule has 0 saturated carbocycles. The first-order chi connectivity index (χ1) is 9.72. The third-order valence-electron chi connectivity index (χ3n) is 2.29. The maximum absolute atomic E-state index is 5.64. The fourth-order valence-electron chi connectivity index (χ4n) is 1.38. The zero-order valence-electron chi connectivity index (χ0n) is 11.3. The van der Waals surface area contributed by atoms with E-state index in [1.165, 1.54) is 0 Å². The Morgan fingerprint density at radius 1 is 1.15 bits per heavy atom. The highest BCUT2D eigenvalue weighted by atomic mass is 79.9. The van der Waals surface area contributed by atoms with E-state index in [1.807, 2.05) is 31.2 Å². The fraction of sp³-hybridized carbons (Fsp3) is 0.308. The van der Waals surface area contributed by atoms with Crippen molar-refractivity contribution in [3.8, 4) is 17.8 Å². The molecule has 0 bridgehead atoms. The molecule has 0 spiro atoms. The number of halogens is 1. The third-order valence-corrected chi connectivity index (χ3v) is 2.95. The largest absolute Gasteiger partial charge is 0.463 e. The standard InChI is InChI=1S/C13H15BrN4O2/c1-3-8-19-12-16-11(15-2)17-13(18-12)20-10-7-5-4-6-9(10)14/h4-7H,3,8H2,1-2H3,(H,15,16,17,18). The second-order valence-corrected chi connectivity index (χ2v) is 4.71. The maximum Gasteiger partial charge on any atom is 0.330 e. The molecule has 2 aromatic rings. The zero-order chi connectivity index (χ0) is 14.4. The van der Waals surface area contributed by atoms with Crippen LogP contribution in [0.25, 0.3) is 0 Å². The van der Waals surface area contributed by atoms with Crippen LogP contribution in [0.3, 0.4) is 0 Å². The Morgan fingerprint density at radius 3 is 2.60 bits per heavy atom. The predicted molar refractivity (Wildman–Crippen MR) is 79.4 cm³/mol. The summed E-state index contributed by atoms with van der Waals surface area (Å²) in [6, 6.07) is 7.90. The smallest absolute Gasteiger partial charge is 0.330 e. The van der Waals surface area contributed by atoms with Crippen LogP contribution in [0.1, 0.15) is 13.3 Å². The molecule has 0 aliphatic heterocycles. The van der Waals surface area contributed by atoms with Gasteiger partial charge in [0.2, 0.25) is 5.95 Å². The van der Waals surface area contributed by atoms with Gasteiger partial charge in [0.05, 0.1) is 11.1 Å². The Hall–Kier alpha value is -1.89. The van der Waals surface area contributed by atoms with Gasteiger partial charge in [0, 0.05) is 7.05 Å². The van der Waals surface area contributed by atoms with Crippen LogP contribution in [-0.2, 0) is 0 Å². The normalized spacial score (nSPS) is 10.2. The molecule has 0 atom stereocenters. The van der Waals surface area contributed by atoms with Gasteiger partial charge in [-0.05, 0) is 34.5 Å². The van der Waals surface area contributed by atoms with Crippen molar-refractivity contribution in [2.24, 2.45) is 0 Å². The van der Waals surface area contributed by atoms with Gasteiger partial charge in [-0.15, -0.1) is 4.98 Å². The number of nitrogens with zero attached hydrogens (tertiary/aromatic N) is 3. The van der Waals surface area contributed by atoms with E-state index in [2.05, 4.69) is 36.2 Å². The quantitative estimate of drug-likeness (QED) is 0.871. The fourth-order valence-corrected chi connectivity index (χ4v) is 1.74. The number of benzene rings is 1. The number of nitrogens with one attached hydrogen (secondary N) is 1. The second-order valence-electron chi connectivity index (χ2n) is 3.86. The summed E-state index contributed by atoms with van der Waals surface area (Å²) in [4.78, 5) is 12.4. The zero-order valence-corrected chi connectivity index (χ0v) is 12.8. The Morgan fingerprint density at radius 2 is 1.90 bits per heavy atom. The van der Waals surface area contributed by atoms with Crippen molar-refractivity contribution in [2.75, 3.05) is 19.0 Å². The first-order valence-corrected chi connectivity index (χ1v) is 7.01. The Balaban J connectivity index is 2.24. The van der Waals surface area contributed by atoms with E-state index in [4.69, 9.17) is 9.47 Å². The first kappa shape index (κ1) is 14.5. The summed E-state index contributed by atoms with van der Waals surface area (Å²) in [5.74, 6) is 1.02. The van der Waals surface area contributed by atoms with E-state index in [1.54, 1.807) is 7.05 Å². The molecule has 1 aromatic heterocycles. The summed E-state index contributed by atoms with van der Waals surface area (Å²) >= 11 is 3.41. The Kier molecular flexibility index (Phi) is 5.11. The average molecular weight is 339 g/mol. The van der Waals surface area contributed by atoms with Gasteiger partial charge in [0.1, 0.15) is 5.75 Å². The summed E-state index contributed by atoms with van der Waals surface area (Å²) in [5, 5.41) is 2.85. The molecule has 6 nitrogen and oxygen atoms in total. The minimum atomic E-state index is 0.183. The minimum Gasteiger partial charge on any atom is -0.463 e. The van der Waals surface area contributed by atoms with Gasteiger partial charge < -0.3 is 14.8 Å².